The van der Waals surface area contributed by atoms with Crippen molar-refractivity contribution in [1.29, 1.82) is 0 Å². The maximum Gasteiger partial charge on any atom is 0.213 e. The molecular weight excluding hydrogens is 346 g/mol. The van der Waals surface area contributed by atoms with E-state index in [0.29, 0.717) is 0 Å². The third-order valence-corrected chi connectivity index (χ3v) is 6.17. The Balaban J connectivity index is 1.58. The molecule has 1 aliphatic heterocycles. The van der Waals surface area contributed by atoms with Gasteiger partial charge in [0, 0.05) is 42.8 Å². The minimum Gasteiger partial charge on any atom is -0.377 e. The molecule has 0 amide bonds. The maximum atomic E-state index is 12.3. The molecule has 23 heavy (non-hydrogen) atoms. The molecule has 0 bridgehead atoms. The van der Waals surface area contributed by atoms with Crippen LogP contribution in [0.25, 0.3) is 0 Å². The van der Waals surface area contributed by atoms with Crippen LogP contribution in [-0.4, -0.2) is 61.7 Å². The first kappa shape index (κ1) is 19.0. The van der Waals surface area contributed by atoms with E-state index in [4.69, 9.17) is 4.74 Å². The fourth-order valence-electron chi connectivity index (χ4n) is 2.31. The van der Waals surface area contributed by atoms with Crippen LogP contribution in [0.5, 0.6) is 0 Å². The SMILES string of the molecule is Cn1ccnc1SC(=O)[C@@H]1CC(OCCCSCCC[Si])CN1. The second-order valence-electron chi connectivity index (χ2n) is 5.50. The quantitative estimate of drug-likeness (QED) is 0.386. The highest BCUT2D eigenvalue weighted by Gasteiger charge is 2.30. The predicted octanol–water partition coefficient (Wildman–Crippen LogP) is 1.89. The van der Waals surface area contributed by atoms with Crippen LogP contribution in [0, 0.1) is 0 Å². The van der Waals surface area contributed by atoms with Crippen LogP contribution in [0.3, 0.4) is 0 Å². The summed E-state index contributed by atoms with van der Waals surface area (Å²) in [7, 11) is 5.38. The van der Waals surface area contributed by atoms with Crippen molar-refractivity contribution >= 4 is 38.9 Å². The average molecular weight is 371 g/mol. The Labute approximate surface area is 150 Å². The summed E-state index contributed by atoms with van der Waals surface area (Å²) < 4.78 is 7.74. The van der Waals surface area contributed by atoms with E-state index in [-0.39, 0.29) is 17.3 Å². The van der Waals surface area contributed by atoms with E-state index in [0.717, 1.165) is 42.9 Å². The first-order valence-electron chi connectivity index (χ1n) is 7.97. The van der Waals surface area contributed by atoms with Gasteiger partial charge < -0.3 is 14.6 Å². The van der Waals surface area contributed by atoms with Crippen molar-refractivity contribution in [2.75, 3.05) is 24.7 Å². The van der Waals surface area contributed by atoms with E-state index in [9.17, 15) is 4.79 Å². The van der Waals surface area contributed by atoms with Crippen LogP contribution in [0.4, 0.5) is 0 Å². The standard InChI is InChI=1S/C15H24N3O2S2Si/c1-18-5-4-16-15(18)22-14(19)13-10-12(11-17-13)20-6-2-7-21-8-3-9-23/h4-5,12-13,17H,2-3,6-11H2,1H3/t12?,13-/m0/s1. The molecule has 1 fully saturated rings. The fourth-order valence-corrected chi connectivity index (χ4v) is 4.44. The van der Waals surface area contributed by atoms with Gasteiger partial charge in [0.15, 0.2) is 5.16 Å². The molecule has 1 aromatic heterocycles. The largest absolute Gasteiger partial charge is 0.377 e. The van der Waals surface area contributed by atoms with E-state index >= 15 is 0 Å². The molecule has 0 saturated carbocycles. The van der Waals surface area contributed by atoms with Gasteiger partial charge in [-0.25, -0.2) is 4.98 Å². The summed E-state index contributed by atoms with van der Waals surface area (Å²) in [4.78, 5) is 16.4. The minimum atomic E-state index is -0.130. The molecule has 127 valence electrons. The van der Waals surface area contributed by atoms with E-state index < -0.39 is 0 Å². The number of aromatic nitrogens is 2. The topological polar surface area (TPSA) is 56.2 Å². The van der Waals surface area contributed by atoms with E-state index in [1.54, 1.807) is 6.20 Å². The number of aryl methyl sites for hydroxylation is 1. The Morgan fingerprint density at radius 3 is 3.09 bits per heavy atom. The van der Waals surface area contributed by atoms with Gasteiger partial charge in [-0.1, -0.05) is 6.04 Å². The number of carbonyl (C=O) groups excluding carboxylic acids is 1. The highest BCUT2D eigenvalue weighted by Crippen LogP contribution is 2.22. The molecule has 2 heterocycles. The number of imidazole rings is 1. The van der Waals surface area contributed by atoms with Gasteiger partial charge in [-0.2, -0.15) is 11.8 Å². The normalized spacial score (nSPS) is 21.0. The number of carbonyl (C=O) groups is 1. The van der Waals surface area contributed by atoms with Gasteiger partial charge in [-0.05, 0) is 42.5 Å². The molecule has 1 unspecified atom stereocenters. The van der Waals surface area contributed by atoms with Gasteiger partial charge in [0.25, 0.3) is 0 Å². The zero-order valence-corrected chi connectivity index (χ0v) is 16.1. The lowest BCUT2D eigenvalue weighted by atomic mass is 10.2. The number of hydrogen-bond acceptors (Lipinski definition) is 6. The number of ether oxygens (including phenoxy) is 1. The molecule has 1 aliphatic rings. The minimum absolute atomic E-state index is 0.121. The zero-order chi connectivity index (χ0) is 16.5. The zero-order valence-electron chi connectivity index (χ0n) is 13.5. The first-order valence-corrected chi connectivity index (χ1v) is 10.6. The molecule has 2 rings (SSSR count). The Bertz CT molecular complexity index is 487. The first-order chi connectivity index (χ1) is 11.2. The Morgan fingerprint density at radius 1 is 1.52 bits per heavy atom. The number of thioether (sulfide) groups is 2. The van der Waals surface area contributed by atoms with Crippen LogP contribution in [0.15, 0.2) is 17.6 Å². The van der Waals surface area contributed by atoms with E-state index in [1.807, 2.05) is 29.6 Å². The van der Waals surface area contributed by atoms with Gasteiger partial charge >= 0.3 is 0 Å². The lowest BCUT2D eigenvalue weighted by molar-refractivity contribution is -0.112. The Kier molecular flexibility index (Phi) is 8.74. The Morgan fingerprint density at radius 2 is 2.35 bits per heavy atom. The predicted molar refractivity (Wildman–Crippen MR) is 97.3 cm³/mol. The third-order valence-electron chi connectivity index (χ3n) is 3.60. The smallest absolute Gasteiger partial charge is 0.213 e. The maximum absolute atomic E-state index is 12.3. The van der Waals surface area contributed by atoms with Gasteiger partial charge in [0.05, 0.1) is 12.1 Å². The lowest BCUT2D eigenvalue weighted by Crippen LogP contribution is -2.28. The van der Waals surface area contributed by atoms with Crippen LogP contribution >= 0.6 is 23.5 Å². The van der Waals surface area contributed by atoms with Crippen molar-refractivity contribution in [3.05, 3.63) is 12.4 Å². The molecule has 0 spiro atoms. The number of nitrogens with one attached hydrogen (secondary N) is 1. The summed E-state index contributed by atoms with van der Waals surface area (Å²) in [6.45, 7) is 1.54. The van der Waals surface area contributed by atoms with Crippen molar-refractivity contribution in [2.24, 2.45) is 7.05 Å². The van der Waals surface area contributed by atoms with Crippen LogP contribution in [-0.2, 0) is 16.6 Å². The highest BCUT2D eigenvalue weighted by atomic mass is 32.2. The molecule has 3 radical (unpaired) electrons. The number of rotatable bonds is 10. The van der Waals surface area contributed by atoms with Crippen LogP contribution < -0.4 is 5.32 Å². The average Bonchev–Trinajstić information content (AvgIpc) is 3.16. The van der Waals surface area contributed by atoms with E-state index in [2.05, 4.69) is 20.5 Å². The summed E-state index contributed by atoms with van der Waals surface area (Å²) in [5.74, 6) is 2.35. The summed E-state index contributed by atoms with van der Waals surface area (Å²) >= 11 is 3.18. The molecule has 5 nitrogen and oxygen atoms in total. The van der Waals surface area contributed by atoms with Gasteiger partial charge in [0.2, 0.25) is 5.12 Å². The molecule has 0 aromatic carbocycles. The van der Waals surface area contributed by atoms with Crippen molar-refractivity contribution in [1.82, 2.24) is 14.9 Å². The molecule has 2 atom stereocenters. The molecule has 1 saturated heterocycles. The third kappa shape index (κ3) is 6.62. The van der Waals surface area contributed by atoms with Crippen LogP contribution in [0.2, 0.25) is 6.04 Å². The Hall–Kier alpha value is -0.283. The molecular formula is C15H24N3O2S2Si. The van der Waals surface area contributed by atoms with Gasteiger partial charge in [0.1, 0.15) is 0 Å². The fraction of sp³-hybridized carbons (Fsp3) is 0.733. The van der Waals surface area contributed by atoms with Gasteiger partial charge in [-0.15, -0.1) is 0 Å². The summed E-state index contributed by atoms with van der Waals surface area (Å²) in [6.07, 6.45) is 6.75. The summed E-state index contributed by atoms with van der Waals surface area (Å²) in [5.41, 5.74) is 0. The highest BCUT2D eigenvalue weighted by molar-refractivity contribution is 8.13. The van der Waals surface area contributed by atoms with Crippen LogP contribution in [0.1, 0.15) is 19.3 Å². The second-order valence-corrected chi connectivity index (χ2v) is 8.20. The van der Waals surface area contributed by atoms with Crippen molar-refractivity contribution in [2.45, 2.75) is 42.6 Å². The van der Waals surface area contributed by atoms with Crippen molar-refractivity contribution in [3.8, 4) is 0 Å². The lowest BCUT2D eigenvalue weighted by Gasteiger charge is -2.11. The molecule has 1 N–H and O–H groups in total. The van der Waals surface area contributed by atoms with Gasteiger partial charge in [-0.3, -0.25) is 4.79 Å². The number of nitrogens with zero attached hydrogens (tertiary/aromatic N) is 2. The summed E-state index contributed by atoms with van der Waals surface area (Å²) in [6, 6.07) is 0.943. The molecule has 8 heteroatoms. The summed E-state index contributed by atoms with van der Waals surface area (Å²) in [5, 5.41) is 4.12. The monoisotopic (exact) mass is 370 g/mol. The van der Waals surface area contributed by atoms with Crippen molar-refractivity contribution in [3.63, 3.8) is 0 Å². The molecule has 0 aliphatic carbocycles. The van der Waals surface area contributed by atoms with Crippen molar-refractivity contribution < 1.29 is 9.53 Å². The second kappa shape index (κ2) is 10.6. The molecule has 1 aromatic rings. The van der Waals surface area contributed by atoms with E-state index in [1.165, 1.54) is 23.9 Å². The number of hydrogen-bond donors (Lipinski definition) is 1.